The fourth-order valence-corrected chi connectivity index (χ4v) is 1.80. The number of aromatic nitrogens is 2. The zero-order chi connectivity index (χ0) is 16.4. The third-order valence-corrected chi connectivity index (χ3v) is 2.78. The van der Waals surface area contributed by atoms with Gasteiger partial charge in [-0.25, -0.2) is 4.79 Å². The van der Waals surface area contributed by atoms with Gasteiger partial charge in [0.25, 0.3) is 5.91 Å². The molecule has 1 unspecified atom stereocenters. The van der Waals surface area contributed by atoms with Gasteiger partial charge < -0.3 is 10.4 Å². The van der Waals surface area contributed by atoms with Crippen molar-refractivity contribution < 1.29 is 27.9 Å². The Morgan fingerprint density at radius 3 is 2.38 bits per heavy atom. The molecule has 0 aliphatic rings. The van der Waals surface area contributed by atoms with E-state index in [4.69, 9.17) is 5.11 Å². The summed E-state index contributed by atoms with van der Waals surface area (Å²) in [5.41, 5.74) is 0.595. The molecule has 0 radical (unpaired) electrons. The number of aliphatic carboxylic acids is 1. The summed E-state index contributed by atoms with van der Waals surface area (Å²) in [7, 11) is 1.59. The number of nitrogens with one attached hydrogen (secondary N) is 1. The van der Waals surface area contributed by atoms with Gasteiger partial charge in [0, 0.05) is 12.7 Å². The lowest BCUT2D eigenvalue weighted by molar-refractivity contribution is -0.157. The zero-order valence-electron chi connectivity index (χ0n) is 11.7. The van der Waals surface area contributed by atoms with Crippen LogP contribution in [0, 0.1) is 0 Å². The molecule has 0 aliphatic carbocycles. The molecule has 0 aromatic carbocycles. The van der Waals surface area contributed by atoms with Crippen LogP contribution >= 0.6 is 0 Å². The summed E-state index contributed by atoms with van der Waals surface area (Å²) in [5.74, 6) is -2.63. The molecule has 1 heterocycles. The number of halogens is 3. The highest BCUT2D eigenvalue weighted by Crippen LogP contribution is 2.22. The van der Waals surface area contributed by atoms with Crippen molar-refractivity contribution in [3.8, 4) is 0 Å². The summed E-state index contributed by atoms with van der Waals surface area (Å²) in [6, 6.07) is -0.617. The second kappa shape index (κ2) is 6.15. The van der Waals surface area contributed by atoms with Crippen LogP contribution in [0.15, 0.2) is 6.07 Å². The van der Waals surface area contributed by atoms with Gasteiger partial charge in [0.15, 0.2) is 0 Å². The van der Waals surface area contributed by atoms with Gasteiger partial charge in [-0.2, -0.15) is 18.3 Å². The third-order valence-electron chi connectivity index (χ3n) is 2.78. The van der Waals surface area contributed by atoms with Crippen LogP contribution in [0.2, 0.25) is 0 Å². The van der Waals surface area contributed by atoms with E-state index in [1.165, 1.54) is 10.7 Å². The standard InChI is InChI=1S/C12H16F3N3O3/c1-6(2)9-4-7(17-18(9)3)10(19)16-8(11(20)21)5-12(13,14)15/h4,6,8H,5H2,1-3H3,(H,16,19)(H,20,21). The van der Waals surface area contributed by atoms with Crippen LogP contribution in [0.5, 0.6) is 0 Å². The first-order chi connectivity index (χ1) is 9.51. The van der Waals surface area contributed by atoms with E-state index in [2.05, 4.69) is 5.10 Å². The Morgan fingerprint density at radius 1 is 1.43 bits per heavy atom. The van der Waals surface area contributed by atoms with Crippen molar-refractivity contribution in [1.29, 1.82) is 0 Å². The molecule has 0 bridgehead atoms. The Balaban J connectivity index is 2.87. The number of carboxylic acids is 1. The molecule has 1 amide bonds. The average molecular weight is 307 g/mol. The number of carbonyl (C=O) groups is 2. The second-order valence-electron chi connectivity index (χ2n) is 4.92. The van der Waals surface area contributed by atoms with Gasteiger partial charge in [0.05, 0.1) is 6.42 Å². The molecule has 1 aromatic rings. The zero-order valence-corrected chi connectivity index (χ0v) is 11.7. The summed E-state index contributed by atoms with van der Waals surface area (Å²) in [6.45, 7) is 3.73. The molecular formula is C12H16F3N3O3. The van der Waals surface area contributed by atoms with Crippen molar-refractivity contribution in [3.63, 3.8) is 0 Å². The number of amides is 1. The number of hydrogen-bond acceptors (Lipinski definition) is 3. The van der Waals surface area contributed by atoms with E-state index in [-0.39, 0.29) is 11.6 Å². The maximum absolute atomic E-state index is 12.3. The number of rotatable bonds is 5. The topological polar surface area (TPSA) is 84.2 Å². The molecule has 2 N–H and O–H groups in total. The van der Waals surface area contributed by atoms with Crippen LogP contribution in [0.3, 0.4) is 0 Å². The minimum Gasteiger partial charge on any atom is -0.480 e. The smallest absolute Gasteiger partial charge is 0.391 e. The monoisotopic (exact) mass is 307 g/mol. The first-order valence-corrected chi connectivity index (χ1v) is 6.15. The summed E-state index contributed by atoms with van der Waals surface area (Å²) in [4.78, 5) is 22.6. The SMILES string of the molecule is CC(C)c1cc(C(=O)NC(CC(F)(F)F)C(=O)O)nn1C. The summed E-state index contributed by atoms with van der Waals surface area (Å²) < 4.78 is 38.2. The molecule has 1 atom stereocenters. The lowest BCUT2D eigenvalue weighted by atomic mass is 10.1. The number of carboxylic acid groups (broad SMARTS) is 1. The van der Waals surface area contributed by atoms with Crippen molar-refractivity contribution in [2.24, 2.45) is 7.05 Å². The first kappa shape index (κ1) is 17.0. The van der Waals surface area contributed by atoms with E-state index in [0.717, 1.165) is 0 Å². The van der Waals surface area contributed by atoms with Crippen molar-refractivity contribution in [2.75, 3.05) is 0 Å². The van der Waals surface area contributed by atoms with Gasteiger partial charge >= 0.3 is 12.1 Å². The van der Waals surface area contributed by atoms with Crippen LogP contribution in [-0.4, -0.2) is 39.0 Å². The number of alkyl halides is 3. The average Bonchev–Trinajstić information content (AvgIpc) is 2.68. The quantitative estimate of drug-likeness (QED) is 0.867. The number of aryl methyl sites for hydroxylation is 1. The molecule has 9 heteroatoms. The number of hydrogen-bond donors (Lipinski definition) is 2. The van der Waals surface area contributed by atoms with E-state index in [0.29, 0.717) is 5.69 Å². The predicted octanol–water partition coefficient (Wildman–Crippen LogP) is 1.68. The van der Waals surface area contributed by atoms with Crippen molar-refractivity contribution in [3.05, 3.63) is 17.5 Å². The Bertz CT molecular complexity index is 538. The summed E-state index contributed by atoms with van der Waals surface area (Å²) in [5, 5.41) is 14.4. The molecule has 1 aromatic heterocycles. The molecule has 0 fully saturated rings. The molecule has 6 nitrogen and oxygen atoms in total. The molecule has 1 rings (SSSR count). The maximum atomic E-state index is 12.3. The second-order valence-corrected chi connectivity index (χ2v) is 4.92. The van der Waals surface area contributed by atoms with E-state index in [1.54, 1.807) is 7.05 Å². The largest absolute Gasteiger partial charge is 0.480 e. The lowest BCUT2D eigenvalue weighted by Gasteiger charge is -2.15. The third kappa shape index (κ3) is 4.76. The predicted molar refractivity (Wildman–Crippen MR) is 66.9 cm³/mol. The van der Waals surface area contributed by atoms with Gasteiger partial charge in [-0.3, -0.25) is 9.48 Å². The lowest BCUT2D eigenvalue weighted by Crippen LogP contribution is -2.43. The van der Waals surface area contributed by atoms with Crippen LogP contribution in [-0.2, 0) is 11.8 Å². The summed E-state index contributed by atoms with van der Waals surface area (Å²) in [6.07, 6.45) is -6.33. The minimum atomic E-state index is -4.69. The summed E-state index contributed by atoms with van der Waals surface area (Å²) >= 11 is 0. The van der Waals surface area contributed by atoms with Gasteiger partial charge in [0.1, 0.15) is 11.7 Å². The molecule has 21 heavy (non-hydrogen) atoms. The Hall–Kier alpha value is -2.06. The molecule has 0 saturated carbocycles. The molecule has 0 spiro atoms. The van der Waals surface area contributed by atoms with E-state index >= 15 is 0 Å². The van der Waals surface area contributed by atoms with Crippen molar-refractivity contribution in [2.45, 2.75) is 38.4 Å². The van der Waals surface area contributed by atoms with Crippen LogP contribution in [0.4, 0.5) is 13.2 Å². The van der Waals surface area contributed by atoms with Crippen molar-refractivity contribution in [1.82, 2.24) is 15.1 Å². The molecule has 0 aliphatic heterocycles. The first-order valence-electron chi connectivity index (χ1n) is 6.15. The maximum Gasteiger partial charge on any atom is 0.391 e. The number of carbonyl (C=O) groups excluding carboxylic acids is 1. The Kier molecular flexibility index (Phi) is 4.97. The van der Waals surface area contributed by atoms with Crippen LogP contribution in [0.25, 0.3) is 0 Å². The van der Waals surface area contributed by atoms with Crippen LogP contribution in [0.1, 0.15) is 42.4 Å². The van der Waals surface area contributed by atoms with E-state index in [9.17, 15) is 22.8 Å². The minimum absolute atomic E-state index is 0.0643. The van der Waals surface area contributed by atoms with Gasteiger partial charge in [-0.05, 0) is 12.0 Å². The Labute approximate surface area is 118 Å². The fourth-order valence-electron chi connectivity index (χ4n) is 1.80. The van der Waals surface area contributed by atoms with Crippen LogP contribution < -0.4 is 5.32 Å². The molecular weight excluding hydrogens is 291 g/mol. The van der Waals surface area contributed by atoms with Gasteiger partial charge in [-0.15, -0.1) is 0 Å². The highest BCUT2D eigenvalue weighted by molar-refractivity contribution is 5.95. The van der Waals surface area contributed by atoms with E-state index < -0.39 is 30.5 Å². The van der Waals surface area contributed by atoms with E-state index in [1.807, 2.05) is 19.2 Å². The molecule has 0 saturated heterocycles. The highest BCUT2D eigenvalue weighted by atomic mass is 19.4. The fraction of sp³-hybridized carbons (Fsp3) is 0.583. The highest BCUT2D eigenvalue weighted by Gasteiger charge is 2.36. The van der Waals surface area contributed by atoms with Gasteiger partial charge in [0.2, 0.25) is 0 Å². The van der Waals surface area contributed by atoms with Crippen molar-refractivity contribution >= 4 is 11.9 Å². The Morgan fingerprint density at radius 2 is 2.00 bits per heavy atom. The molecule has 118 valence electrons. The van der Waals surface area contributed by atoms with Gasteiger partial charge in [-0.1, -0.05) is 13.8 Å². The number of nitrogens with zero attached hydrogens (tertiary/aromatic N) is 2. The normalized spacial score (nSPS) is 13.3.